The molecule has 7 nitrogen and oxygen atoms in total. The molecule has 0 unspecified atom stereocenters. The Balaban J connectivity index is 1.89. The Hall–Kier alpha value is -2.81. The van der Waals surface area contributed by atoms with Gasteiger partial charge in [0, 0.05) is 31.3 Å². The van der Waals surface area contributed by atoms with Crippen molar-refractivity contribution in [3.63, 3.8) is 0 Å². The standard InChI is InChI=1S/C20H19ClN4O3S/c1-23(2)11-12-24(20-22-19-16(21)7-4-8-17(19)29-20)18(26)10-9-14-5-3-6-15(13-14)25(27)28/h3-10,13H,11-12H2,1-2H3. The maximum Gasteiger partial charge on any atom is 0.270 e. The van der Waals surface area contributed by atoms with Crippen molar-refractivity contribution >= 4 is 56.0 Å². The molecule has 0 aliphatic rings. The van der Waals surface area contributed by atoms with E-state index in [1.165, 1.54) is 29.5 Å². The number of rotatable bonds is 7. The second-order valence-corrected chi connectivity index (χ2v) is 7.98. The Kier molecular flexibility index (Phi) is 6.58. The number of fused-ring (bicyclic) bond motifs is 1. The molecule has 0 saturated heterocycles. The largest absolute Gasteiger partial charge is 0.308 e. The van der Waals surface area contributed by atoms with Gasteiger partial charge in [-0.05, 0) is 37.9 Å². The molecule has 0 saturated carbocycles. The van der Waals surface area contributed by atoms with Crippen molar-refractivity contribution in [2.75, 3.05) is 32.1 Å². The minimum Gasteiger partial charge on any atom is -0.308 e. The molecule has 0 atom stereocenters. The van der Waals surface area contributed by atoms with Crippen molar-refractivity contribution in [1.29, 1.82) is 0 Å². The minimum absolute atomic E-state index is 0.0233. The zero-order chi connectivity index (χ0) is 21.0. The summed E-state index contributed by atoms with van der Waals surface area (Å²) in [6, 6.07) is 11.6. The van der Waals surface area contributed by atoms with Crippen molar-refractivity contribution < 1.29 is 9.72 Å². The van der Waals surface area contributed by atoms with E-state index >= 15 is 0 Å². The van der Waals surface area contributed by atoms with Gasteiger partial charge >= 0.3 is 0 Å². The smallest absolute Gasteiger partial charge is 0.270 e. The third kappa shape index (κ3) is 5.17. The SMILES string of the molecule is CN(C)CCN(C(=O)C=Cc1cccc([N+](=O)[O-])c1)c1nc2c(Cl)cccc2s1. The molecule has 0 N–H and O–H groups in total. The second kappa shape index (κ2) is 9.13. The highest BCUT2D eigenvalue weighted by atomic mass is 35.5. The van der Waals surface area contributed by atoms with Crippen LogP contribution in [0.4, 0.5) is 10.8 Å². The molecule has 9 heteroatoms. The lowest BCUT2D eigenvalue weighted by Crippen LogP contribution is -2.35. The predicted molar refractivity (Wildman–Crippen MR) is 118 cm³/mol. The van der Waals surface area contributed by atoms with Crippen LogP contribution < -0.4 is 4.90 Å². The molecule has 0 spiro atoms. The highest BCUT2D eigenvalue weighted by Gasteiger charge is 2.19. The first-order valence-electron chi connectivity index (χ1n) is 8.79. The fourth-order valence-corrected chi connectivity index (χ4v) is 3.92. The number of anilines is 1. The summed E-state index contributed by atoms with van der Waals surface area (Å²) in [6.45, 7) is 1.10. The fourth-order valence-electron chi connectivity index (χ4n) is 2.62. The molecule has 29 heavy (non-hydrogen) atoms. The zero-order valence-electron chi connectivity index (χ0n) is 15.9. The van der Waals surface area contributed by atoms with E-state index in [0.717, 1.165) is 4.70 Å². The predicted octanol–water partition coefficient (Wildman–Crippen LogP) is 4.47. The molecule has 150 valence electrons. The molecular weight excluding hydrogens is 412 g/mol. The van der Waals surface area contributed by atoms with Gasteiger partial charge in [0.15, 0.2) is 5.13 Å². The minimum atomic E-state index is -0.465. The van der Waals surface area contributed by atoms with Crippen molar-refractivity contribution in [3.8, 4) is 0 Å². The van der Waals surface area contributed by atoms with Gasteiger partial charge < -0.3 is 4.90 Å². The molecular formula is C20H19ClN4O3S. The fraction of sp³-hybridized carbons (Fsp3) is 0.200. The lowest BCUT2D eigenvalue weighted by atomic mass is 10.2. The lowest BCUT2D eigenvalue weighted by molar-refractivity contribution is -0.384. The average molecular weight is 431 g/mol. The van der Waals surface area contributed by atoms with Gasteiger partial charge in [0.2, 0.25) is 0 Å². The van der Waals surface area contributed by atoms with E-state index in [0.29, 0.717) is 34.3 Å². The number of benzene rings is 2. The number of nitrogens with zero attached hydrogens (tertiary/aromatic N) is 4. The van der Waals surface area contributed by atoms with Gasteiger partial charge in [-0.1, -0.05) is 41.1 Å². The third-order valence-electron chi connectivity index (χ3n) is 4.13. The first-order chi connectivity index (χ1) is 13.8. The molecule has 0 bridgehead atoms. The van der Waals surface area contributed by atoms with E-state index in [1.54, 1.807) is 29.2 Å². The van der Waals surface area contributed by atoms with Crippen LogP contribution in [0, 0.1) is 10.1 Å². The van der Waals surface area contributed by atoms with E-state index in [2.05, 4.69) is 4.98 Å². The average Bonchev–Trinajstić information content (AvgIpc) is 3.12. The van der Waals surface area contributed by atoms with E-state index in [4.69, 9.17) is 11.6 Å². The van der Waals surface area contributed by atoms with Crippen molar-refractivity contribution in [2.24, 2.45) is 0 Å². The number of nitro benzene ring substituents is 1. The van der Waals surface area contributed by atoms with Gasteiger partial charge in [-0.15, -0.1) is 0 Å². The van der Waals surface area contributed by atoms with Crippen LogP contribution in [0.5, 0.6) is 0 Å². The van der Waals surface area contributed by atoms with E-state index in [9.17, 15) is 14.9 Å². The molecule has 0 aliphatic carbocycles. The molecule has 0 aliphatic heterocycles. The molecule has 3 rings (SSSR count). The zero-order valence-corrected chi connectivity index (χ0v) is 17.5. The summed E-state index contributed by atoms with van der Waals surface area (Å²) >= 11 is 7.62. The van der Waals surface area contributed by atoms with Crippen LogP contribution in [0.2, 0.25) is 5.02 Å². The number of non-ortho nitro benzene ring substituents is 1. The number of carbonyl (C=O) groups excluding carboxylic acids is 1. The molecule has 0 fully saturated rings. The Bertz CT molecular complexity index is 1080. The number of amides is 1. The van der Waals surface area contributed by atoms with E-state index < -0.39 is 4.92 Å². The summed E-state index contributed by atoms with van der Waals surface area (Å²) in [4.78, 5) is 31.5. The van der Waals surface area contributed by atoms with Crippen molar-refractivity contribution in [1.82, 2.24) is 9.88 Å². The Morgan fingerprint density at radius 1 is 1.24 bits per heavy atom. The lowest BCUT2D eigenvalue weighted by Gasteiger charge is -2.20. The third-order valence-corrected chi connectivity index (χ3v) is 5.47. The summed E-state index contributed by atoms with van der Waals surface area (Å²) in [5, 5.41) is 12.0. The second-order valence-electron chi connectivity index (χ2n) is 6.56. The highest BCUT2D eigenvalue weighted by molar-refractivity contribution is 7.22. The highest BCUT2D eigenvalue weighted by Crippen LogP contribution is 2.33. The maximum atomic E-state index is 12.9. The number of halogens is 1. The number of thiazole rings is 1. The van der Waals surface area contributed by atoms with E-state index in [-0.39, 0.29) is 11.6 Å². The molecule has 3 aromatic rings. The number of aromatic nitrogens is 1. The van der Waals surface area contributed by atoms with Crippen LogP contribution in [0.25, 0.3) is 16.3 Å². The van der Waals surface area contributed by atoms with Crippen LogP contribution in [0.1, 0.15) is 5.56 Å². The first kappa shape index (κ1) is 20.9. The van der Waals surface area contributed by atoms with Crippen LogP contribution in [-0.2, 0) is 4.79 Å². The molecule has 1 heterocycles. The van der Waals surface area contributed by atoms with Gasteiger partial charge in [0.1, 0.15) is 5.52 Å². The van der Waals surface area contributed by atoms with Crippen LogP contribution in [0.3, 0.4) is 0 Å². The van der Waals surface area contributed by atoms with Gasteiger partial charge in [-0.3, -0.25) is 19.8 Å². The first-order valence-corrected chi connectivity index (χ1v) is 9.98. The van der Waals surface area contributed by atoms with Crippen LogP contribution in [0.15, 0.2) is 48.5 Å². The Morgan fingerprint density at radius 2 is 2.00 bits per heavy atom. The molecule has 1 amide bonds. The maximum absolute atomic E-state index is 12.9. The number of hydrogen-bond acceptors (Lipinski definition) is 6. The quantitative estimate of drug-likeness (QED) is 0.314. The summed E-state index contributed by atoms with van der Waals surface area (Å²) in [5.41, 5.74) is 1.22. The summed E-state index contributed by atoms with van der Waals surface area (Å²) in [7, 11) is 3.85. The topological polar surface area (TPSA) is 79.6 Å². The summed E-state index contributed by atoms with van der Waals surface area (Å²) in [6.07, 6.45) is 2.97. The van der Waals surface area contributed by atoms with Gasteiger partial charge in [0.25, 0.3) is 11.6 Å². The van der Waals surface area contributed by atoms with Crippen molar-refractivity contribution in [2.45, 2.75) is 0 Å². The summed E-state index contributed by atoms with van der Waals surface area (Å²) < 4.78 is 0.901. The van der Waals surface area contributed by atoms with Gasteiger partial charge in [0.05, 0.1) is 14.6 Å². The number of nitro groups is 1. The molecule has 1 aromatic heterocycles. The Labute approximate surface area is 177 Å². The van der Waals surface area contributed by atoms with Crippen molar-refractivity contribution in [3.05, 3.63) is 69.2 Å². The molecule has 2 aromatic carbocycles. The van der Waals surface area contributed by atoms with Gasteiger partial charge in [-0.2, -0.15) is 0 Å². The number of para-hydroxylation sites is 1. The number of carbonyl (C=O) groups is 1. The van der Waals surface area contributed by atoms with Gasteiger partial charge in [-0.25, -0.2) is 4.98 Å². The van der Waals surface area contributed by atoms with Crippen LogP contribution >= 0.6 is 22.9 Å². The molecule has 0 radical (unpaired) electrons. The number of hydrogen-bond donors (Lipinski definition) is 0. The monoisotopic (exact) mass is 430 g/mol. The van der Waals surface area contributed by atoms with Crippen LogP contribution in [-0.4, -0.2) is 47.9 Å². The normalized spacial score (nSPS) is 11.4. The number of likely N-dealkylation sites (N-methyl/N-ethyl adjacent to an activating group) is 1. The summed E-state index contributed by atoms with van der Waals surface area (Å²) in [5.74, 6) is -0.256. The van der Waals surface area contributed by atoms with E-state index in [1.807, 2.05) is 31.1 Å². The Morgan fingerprint density at radius 3 is 2.69 bits per heavy atom.